The second-order valence-electron chi connectivity index (χ2n) is 13.6. The summed E-state index contributed by atoms with van der Waals surface area (Å²) < 4.78 is 18.8. The Morgan fingerprint density at radius 1 is 0.422 bits per heavy atom. The number of rotatable bonds is 36. The van der Waals surface area contributed by atoms with Gasteiger partial charge in [0, 0.05) is 0 Å². The summed E-state index contributed by atoms with van der Waals surface area (Å²) >= 11 is 0. The van der Waals surface area contributed by atoms with Gasteiger partial charge in [-0.25, -0.2) is 0 Å². The molecule has 0 fully saturated rings. The van der Waals surface area contributed by atoms with Gasteiger partial charge < -0.3 is 13.6 Å². The van der Waals surface area contributed by atoms with Crippen molar-refractivity contribution in [3.8, 4) is 5.75 Å². The van der Waals surface area contributed by atoms with E-state index in [0.29, 0.717) is 0 Å². The van der Waals surface area contributed by atoms with E-state index in [-0.39, 0.29) is 0 Å². The molecule has 1 aromatic carbocycles. The van der Waals surface area contributed by atoms with Gasteiger partial charge in [0.05, 0.1) is 13.2 Å². The zero-order valence-electron chi connectivity index (χ0n) is 30.6. The molecule has 0 N–H and O–H groups in total. The van der Waals surface area contributed by atoms with Gasteiger partial charge in [-0.05, 0) is 43.4 Å². The molecule has 0 aliphatic carbocycles. The molecule has 0 saturated carbocycles. The average molecular weight is 649 g/mol. The highest BCUT2D eigenvalue weighted by Gasteiger charge is 2.15. The predicted molar refractivity (Wildman–Crippen MR) is 201 cm³/mol. The molecule has 3 nitrogen and oxygen atoms in total. The van der Waals surface area contributed by atoms with E-state index in [9.17, 15) is 0 Å². The molecule has 0 aliphatic rings. The Balaban J connectivity index is 2.33. The Hall–Kier alpha value is -0.630. The van der Waals surface area contributed by atoms with Crippen molar-refractivity contribution in [2.75, 3.05) is 13.2 Å². The van der Waals surface area contributed by atoms with Gasteiger partial charge in [-0.15, -0.1) is 0 Å². The molecule has 4 heteroatoms. The number of hydrogen-bond donors (Lipinski definition) is 0. The number of hydrogen-bond acceptors (Lipinski definition) is 3. The molecule has 0 saturated heterocycles. The lowest BCUT2D eigenvalue weighted by atomic mass is 10.0. The van der Waals surface area contributed by atoms with Gasteiger partial charge in [0.1, 0.15) is 5.75 Å². The van der Waals surface area contributed by atoms with Crippen LogP contribution in [0.3, 0.4) is 0 Å². The van der Waals surface area contributed by atoms with Crippen molar-refractivity contribution in [3.05, 3.63) is 29.8 Å². The first-order valence-electron chi connectivity index (χ1n) is 20.1. The van der Waals surface area contributed by atoms with E-state index in [1.54, 1.807) is 0 Å². The lowest BCUT2D eigenvalue weighted by molar-refractivity contribution is 0.198. The Kier molecular flexibility index (Phi) is 32.7. The number of benzene rings is 1. The molecule has 0 heterocycles. The van der Waals surface area contributed by atoms with Crippen molar-refractivity contribution >= 4 is 8.60 Å². The summed E-state index contributed by atoms with van der Waals surface area (Å²) in [5, 5.41) is 0. The molecule has 0 bridgehead atoms. The molecule has 1 aromatic rings. The molecular formula is C41H77O3P. The third kappa shape index (κ3) is 29.3. The fraction of sp³-hybridized carbons (Fsp3) is 0.854. The van der Waals surface area contributed by atoms with E-state index in [0.717, 1.165) is 38.2 Å². The van der Waals surface area contributed by atoms with Crippen LogP contribution in [0.15, 0.2) is 24.3 Å². The zero-order chi connectivity index (χ0) is 32.3. The highest BCUT2D eigenvalue weighted by atomic mass is 31.2. The Bertz CT molecular complexity index is 684. The van der Waals surface area contributed by atoms with Crippen LogP contribution in [0.25, 0.3) is 0 Å². The Labute approximate surface area is 283 Å². The molecular weight excluding hydrogens is 571 g/mol. The lowest BCUT2D eigenvalue weighted by Crippen LogP contribution is -2.01. The van der Waals surface area contributed by atoms with Gasteiger partial charge in [-0.1, -0.05) is 200 Å². The second-order valence-corrected chi connectivity index (χ2v) is 14.7. The maximum absolute atomic E-state index is 6.35. The van der Waals surface area contributed by atoms with Gasteiger partial charge in [0.15, 0.2) is 0 Å². The van der Waals surface area contributed by atoms with E-state index in [2.05, 4.69) is 45.0 Å². The van der Waals surface area contributed by atoms with Crippen LogP contribution in [0.5, 0.6) is 5.75 Å². The summed E-state index contributed by atoms with van der Waals surface area (Å²) in [5.74, 6) is 0.902. The third-order valence-electron chi connectivity index (χ3n) is 9.04. The van der Waals surface area contributed by atoms with Crippen molar-refractivity contribution in [2.45, 2.75) is 213 Å². The largest absolute Gasteiger partial charge is 0.427 e. The molecule has 0 spiro atoms. The van der Waals surface area contributed by atoms with E-state index in [1.807, 2.05) is 0 Å². The summed E-state index contributed by atoms with van der Waals surface area (Å²) in [6.45, 7) is 8.34. The van der Waals surface area contributed by atoms with Gasteiger partial charge in [0.2, 0.25) is 0 Å². The molecule has 45 heavy (non-hydrogen) atoms. The molecule has 0 aromatic heterocycles. The highest BCUT2D eigenvalue weighted by Crippen LogP contribution is 2.41. The molecule has 0 atom stereocenters. The zero-order valence-corrected chi connectivity index (χ0v) is 31.5. The first kappa shape index (κ1) is 42.4. The Morgan fingerprint density at radius 2 is 0.778 bits per heavy atom. The first-order chi connectivity index (χ1) is 22.3. The van der Waals surface area contributed by atoms with Crippen LogP contribution in [0, 0.1) is 0 Å². The average Bonchev–Trinajstić information content (AvgIpc) is 3.05. The van der Waals surface area contributed by atoms with Crippen LogP contribution in [0.1, 0.15) is 213 Å². The molecule has 0 aliphatic heterocycles. The van der Waals surface area contributed by atoms with E-state index >= 15 is 0 Å². The van der Waals surface area contributed by atoms with Crippen LogP contribution >= 0.6 is 8.60 Å². The molecule has 264 valence electrons. The van der Waals surface area contributed by atoms with Crippen molar-refractivity contribution < 1.29 is 13.6 Å². The SMILES string of the molecule is CCCCCCCCCCCCCOP(OCCCCCCCCCCCCC)Oc1cccc(CCCCCCCCC)c1. The summed E-state index contributed by atoms with van der Waals surface area (Å²) in [6.07, 6.45) is 40.2. The van der Waals surface area contributed by atoms with Crippen molar-refractivity contribution in [1.29, 1.82) is 0 Å². The normalized spacial score (nSPS) is 11.6. The summed E-state index contributed by atoms with van der Waals surface area (Å²) in [5.41, 5.74) is 1.37. The highest BCUT2D eigenvalue weighted by molar-refractivity contribution is 7.42. The molecule has 1 rings (SSSR count). The van der Waals surface area contributed by atoms with Crippen LogP contribution < -0.4 is 4.52 Å². The van der Waals surface area contributed by atoms with Crippen molar-refractivity contribution in [2.24, 2.45) is 0 Å². The summed E-state index contributed by atoms with van der Waals surface area (Å²) in [6, 6.07) is 8.65. The van der Waals surface area contributed by atoms with Crippen LogP contribution in [-0.2, 0) is 15.5 Å². The van der Waals surface area contributed by atoms with Gasteiger partial charge >= 0.3 is 8.60 Å². The predicted octanol–water partition coefficient (Wildman–Crippen LogP) is 15.2. The number of unbranched alkanes of at least 4 members (excludes halogenated alkanes) is 26. The minimum Gasteiger partial charge on any atom is -0.427 e. The summed E-state index contributed by atoms with van der Waals surface area (Å²) in [7, 11) is -1.35. The fourth-order valence-corrected chi connectivity index (χ4v) is 7.05. The van der Waals surface area contributed by atoms with Crippen LogP contribution in [-0.4, -0.2) is 13.2 Å². The fourth-order valence-electron chi connectivity index (χ4n) is 6.03. The first-order valence-corrected chi connectivity index (χ1v) is 21.2. The molecule has 0 unspecified atom stereocenters. The van der Waals surface area contributed by atoms with Gasteiger partial charge in [0.25, 0.3) is 0 Å². The van der Waals surface area contributed by atoms with E-state index in [1.165, 1.54) is 179 Å². The quantitative estimate of drug-likeness (QED) is 0.0535. The van der Waals surface area contributed by atoms with Crippen molar-refractivity contribution in [1.82, 2.24) is 0 Å². The second kappa shape index (κ2) is 34.7. The van der Waals surface area contributed by atoms with Crippen LogP contribution in [0.2, 0.25) is 0 Å². The van der Waals surface area contributed by atoms with Gasteiger partial charge in [-0.2, -0.15) is 0 Å². The number of aryl methyl sites for hydroxylation is 1. The van der Waals surface area contributed by atoms with Crippen LogP contribution in [0.4, 0.5) is 0 Å². The van der Waals surface area contributed by atoms with Gasteiger partial charge in [-0.3, -0.25) is 0 Å². The minimum absolute atomic E-state index is 0.735. The smallest absolute Gasteiger partial charge is 0.397 e. The minimum atomic E-state index is -1.35. The topological polar surface area (TPSA) is 27.7 Å². The standard InChI is InChI=1S/C41H77O3P/c1-4-7-10-13-16-18-20-22-25-28-31-37-42-45(43-38-32-29-26-23-21-19-17-14-11-8-5-2)44-41-36-33-35-40(39-41)34-30-27-24-15-12-9-6-3/h33,35-36,39H,4-32,34,37-38H2,1-3H3. The lowest BCUT2D eigenvalue weighted by Gasteiger charge is -2.18. The molecule has 0 amide bonds. The van der Waals surface area contributed by atoms with E-state index < -0.39 is 8.60 Å². The molecule has 0 radical (unpaired) electrons. The summed E-state index contributed by atoms with van der Waals surface area (Å²) in [4.78, 5) is 0. The maximum atomic E-state index is 6.35. The Morgan fingerprint density at radius 3 is 1.18 bits per heavy atom. The van der Waals surface area contributed by atoms with Crippen molar-refractivity contribution in [3.63, 3.8) is 0 Å². The third-order valence-corrected chi connectivity index (χ3v) is 10.2. The van der Waals surface area contributed by atoms with E-state index in [4.69, 9.17) is 13.6 Å². The monoisotopic (exact) mass is 649 g/mol. The maximum Gasteiger partial charge on any atom is 0.397 e.